The maximum Gasteiger partial charge on any atom is 0.244 e. The average Bonchev–Trinajstić information content (AvgIpc) is 2.54. The molecule has 6 heteroatoms. The molecule has 0 unspecified atom stereocenters. The summed E-state index contributed by atoms with van der Waals surface area (Å²) in [6.45, 7) is 0.675. The molecule has 0 saturated heterocycles. The molecule has 4 nitrogen and oxygen atoms in total. The summed E-state index contributed by atoms with van der Waals surface area (Å²) in [6, 6.07) is 13.8. The van der Waals surface area contributed by atoms with Gasteiger partial charge in [-0.2, -0.15) is 9.57 Å². The Balaban J connectivity index is 2.00. The first-order valence-corrected chi connectivity index (χ1v) is 8.61. The van der Waals surface area contributed by atoms with E-state index in [1.54, 1.807) is 18.2 Å². The lowest BCUT2D eigenvalue weighted by Crippen LogP contribution is -2.36. The van der Waals surface area contributed by atoms with Crippen LogP contribution in [0.4, 0.5) is 0 Å². The molecule has 1 aliphatic rings. The second-order valence-corrected chi connectivity index (χ2v) is 7.45. The summed E-state index contributed by atoms with van der Waals surface area (Å²) in [7, 11) is -3.69. The number of nitriles is 1. The molecule has 0 saturated carbocycles. The molecule has 0 atom stereocenters. The smallest absolute Gasteiger partial charge is 0.207 e. The van der Waals surface area contributed by atoms with Crippen LogP contribution in [0.1, 0.15) is 16.7 Å². The van der Waals surface area contributed by atoms with Crippen LogP contribution in [0.3, 0.4) is 0 Å². The minimum Gasteiger partial charge on any atom is -0.207 e. The monoisotopic (exact) mass is 332 g/mol. The maximum absolute atomic E-state index is 12.8. The summed E-state index contributed by atoms with van der Waals surface area (Å²) < 4.78 is 27.0. The fourth-order valence-corrected chi connectivity index (χ4v) is 4.38. The lowest BCUT2D eigenvalue weighted by molar-refractivity contribution is 0.391. The van der Waals surface area contributed by atoms with E-state index < -0.39 is 10.0 Å². The van der Waals surface area contributed by atoms with Crippen LogP contribution in [0.2, 0.25) is 5.02 Å². The van der Waals surface area contributed by atoms with Crippen molar-refractivity contribution in [1.82, 2.24) is 4.31 Å². The number of rotatable bonds is 2. The quantitative estimate of drug-likeness (QED) is 0.849. The second-order valence-electron chi connectivity index (χ2n) is 5.11. The predicted octanol–water partition coefficient (Wildman–Crippen LogP) is 2.96. The van der Waals surface area contributed by atoms with Crippen molar-refractivity contribution in [2.45, 2.75) is 17.9 Å². The van der Waals surface area contributed by atoms with Gasteiger partial charge in [-0.25, -0.2) is 8.42 Å². The Morgan fingerprint density at radius 3 is 2.68 bits per heavy atom. The van der Waals surface area contributed by atoms with Gasteiger partial charge in [0.1, 0.15) is 6.07 Å². The molecule has 3 rings (SSSR count). The molecule has 22 heavy (non-hydrogen) atoms. The van der Waals surface area contributed by atoms with Gasteiger partial charge in [0.2, 0.25) is 10.0 Å². The number of fused-ring (bicyclic) bond motifs is 1. The maximum atomic E-state index is 12.8. The van der Waals surface area contributed by atoms with Crippen molar-refractivity contribution in [3.8, 4) is 6.07 Å². The lowest BCUT2D eigenvalue weighted by atomic mass is 10.0. The summed E-state index contributed by atoms with van der Waals surface area (Å²) in [5.41, 5.74) is 2.19. The Bertz CT molecular complexity index is 872. The number of halogens is 1. The van der Waals surface area contributed by atoms with Crippen molar-refractivity contribution in [1.29, 1.82) is 5.26 Å². The van der Waals surface area contributed by atoms with Crippen molar-refractivity contribution in [2.24, 2.45) is 0 Å². The summed E-state index contributed by atoms with van der Waals surface area (Å²) in [5.74, 6) is 0. The first-order valence-electron chi connectivity index (χ1n) is 6.79. The van der Waals surface area contributed by atoms with Crippen molar-refractivity contribution in [2.75, 3.05) is 6.54 Å². The van der Waals surface area contributed by atoms with Crippen LogP contribution in [0.25, 0.3) is 0 Å². The highest BCUT2D eigenvalue weighted by Crippen LogP contribution is 2.28. The highest BCUT2D eigenvalue weighted by atomic mass is 35.5. The van der Waals surface area contributed by atoms with E-state index in [4.69, 9.17) is 16.9 Å². The van der Waals surface area contributed by atoms with Gasteiger partial charge in [-0.1, -0.05) is 29.8 Å². The molecule has 0 radical (unpaired) electrons. The van der Waals surface area contributed by atoms with Gasteiger partial charge >= 0.3 is 0 Å². The largest absolute Gasteiger partial charge is 0.244 e. The zero-order valence-corrected chi connectivity index (χ0v) is 13.2. The van der Waals surface area contributed by atoms with E-state index in [1.165, 1.54) is 16.4 Å². The third kappa shape index (κ3) is 2.61. The van der Waals surface area contributed by atoms with Gasteiger partial charge in [0.25, 0.3) is 0 Å². The molecule has 1 aliphatic heterocycles. The van der Waals surface area contributed by atoms with Gasteiger partial charge in [-0.3, -0.25) is 0 Å². The van der Waals surface area contributed by atoms with E-state index in [0.717, 1.165) is 11.1 Å². The molecule has 0 N–H and O–H groups in total. The second kappa shape index (κ2) is 5.73. The Morgan fingerprint density at radius 1 is 1.14 bits per heavy atom. The Kier molecular flexibility index (Phi) is 3.92. The van der Waals surface area contributed by atoms with E-state index in [1.807, 2.05) is 18.2 Å². The van der Waals surface area contributed by atoms with Crippen LogP contribution >= 0.6 is 11.6 Å². The van der Waals surface area contributed by atoms with Crippen molar-refractivity contribution < 1.29 is 8.42 Å². The molecule has 0 aliphatic carbocycles. The fraction of sp³-hybridized carbons (Fsp3) is 0.188. The number of sulfonamides is 1. The van der Waals surface area contributed by atoms with Crippen LogP contribution in [-0.4, -0.2) is 19.3 Å². The normalized spacial score (nSPS) is 15.1. The molecule has 112 valence electrons. The lowest BCUT2D eigenvalue weighted by Gasteiger charge is -2.28. The van der Waals surface area contributed by atoms with Crippen LogP contribution in [-0.2, 0) is 23.0 Å². The van der Waals surface area contributed by atoms with Gasteiger partial charge in [0.15, 0.2) is 0 Å². The topological polar surface area (TPSA) is 61.2 Å². The molecule has 0 amide bonds. The van der Waals surface area contributed by atoms with Crippen LogP contribution < -0.4 is 0 Å². The highest BCUT2D eigenvalue weighted by molar-refractivity contribution is 7.89. The summed E-state index contributed by atoms with van der Waals surface area (Å²) in [4.78, 5) is 0.0583. The van der Waals surface area contributed by atoms with Crippen molar-refractivity contribution in [3.05, 3.63) is 64.2 Å². The number of nitrogens with zero attached hydrogens (tertiary/aromatic N) is 2. The SMILES string of the molecule is N#Cc1ccccc1S(=O)(=O)N1CCc2ccc(Cl)cc2C1. The molecular formula is C16H13ClN2O2S. The standard InChI is InChI=1S/C16H13ClN2O2S/c17-15-6-5-12-7-8-19(11-14(12)9-15)22(20,21)16-4-2-1-3-13(16)10-18/h1-6,9H,7-8,11H2. The summed E-state index contributed by atoms with van der Waals surface area (Å²) >= 11 is 5.99. The van der Waals surface area contributed by atoms with Crippen molar-refractivity contribution >= 4 is 21.6 Å². The van der Waals surface area contributed by atoms with Gasteiger partial charge in [-0.15, -0.1) is 0 Å². The number of benzene rings is 2. The molecule has 0 aromatic heterocycles. The molecule has 2 aromatic rings. The fourth-order valence-electron chi connectivity index (χ4n) is 2.63. The predicted molar refractivity (Wildman–Crippen MR) is 83.9 cm³/mol. The van der Waals surface area contributed by atoms with Crippen LogP contribution in [0.5, 0.6) is 0 Å². The van der Waals surface area contributed by atoms with Gasteiger partial charge in [-0.05, 0) is 41.8 Å². The van der Waals surface area contributed by atoms with Crippen molar-refractivity contribution in [3.63, 3.8) is 0 Å². The minimum atomic E-state index is -3.69. The molecule has 0 fully saturated rings. The Morgan fingerprint density at radius 2 is 1.91 bits per heavy atom. The average molecular weight is 333 g/mol. The molecule has 0 bridgehead atoms. The Hall–Kier alpha value is -1.87. The Labute approximate surface area is 134 Å². The third-order valence-corrected chi connectivity index (χ3v) is 5.91. The molecule has 1 heterocycles. The van der Waals surface area contributed by atoms with E-state index in [2.05, 4.69) is 0 Å². The third-order valence-electron chi connectivity index (χ3n) is 3.77. The van der Waals surface area contributed by atoms with E-state index in [9.17, 15) is 8.42 Å². The zero-order chi connectivity index (χ0) is 15.7. The summed E-state index contributed by atoms with van der Waals surface area (Å²) in [6.07, 6.45) is 0.639. The van der Waals surface area contributed by atoms with E-state index in [0.29, 0.717) is 18.0 Å². The molecule has 2 aromatic carbocycles. The first-order chi connectivity index (χ1) is 10.5. The van der Waals surface area contributed by atoms with E-state index >= 15 is 0 Å². The first kappa shape index (κ1) is 15.0. The van der Waals surface area contributed by atoms with E-state index in [-0.39, 0.29) is 17.0 Å². The minimum absolute atomic E-state index is 0.0583. The summed E-state index contributed by atoms with van der Waals surface area (Å²) in [5, 5.41) is 9.72. The molecular weight excluding hydrogens is 320 g/mol. The number of hydrogen-bond donors (Lipinski definition) is 0. The molecule has 0 spiro atoms. The van der Waals surface area contributed by atoms with Gasteiger partial charge < -0.3 is 0 Å². The highest BCUT2D eigenvalue weighted by Gasteiger charge is 2.30. The zero-order valence-electron chi connectivity index (χ0n) is 11.7. The van der Waals surface area contributed by atoms with Gasteiger partial charge in [0.05, 0.1) is 10.5 Å². The number of hydrogen-bond acceptors (Lipinski definition) is 3. The van der Waals surface area contributed by atoms with Gasteiger partial charge in [0, 0.05) is 18.1 Å². The van der Waals surface area contributed by atoms with Crippen LogP contribution in [0.15, 0.2) is 47.4 Å². The van der Waals surface area contributed by atoms with Crippen LogP contribution in [0, 0.1) is 11.3 Å².